The molecule has 0 aliphatic carbocycles. The van der Waals surface area contributed by atoms with E-state index in [1.165, 1.54) is 0 Å². The smallest absolute Gasteiger partial charge is 0.175 e. The lowest BCUT2D eigenvalue weighted by Gasteiger charge is -2.56. The molecular formula is C14H25NO2. The molecule has 1 fully saturated rings. The van der Waals surface area contributed by atoms with Gasteiger partial charge in [0.25, 0.3) is 0 Å². The van der Waals surface area contributed by atoms with Gasteiger partial charge < -0.3 is 9.64 Å². The molecule has 1 rings (SSSR count). The third-order valence-corrected chi connectivity index (χ3v) is 3.67. The maximum absolute atomic E-state index is 11.6. The second-order valence-electron chi connectivity index (χ2n) is 6.23. The van der Waals surface area contributed by atoms with Crippen molar-refractivity contribution >= 4 is 5.78 Å². The van der Waals surface area contributed by atoms with Crippen LogP contribution >= 0.6 is 0 Å². The van der Waals surface area contributed by atoms with E-state index in [2.05, 4.69) is 39.2 Å². The molecule has 3 heteroatoms. The topological polar surface area (TPSA) is 29.5 Å². The molecule has 1 saturated heterocycles. The summed E-state index contributed by atoms with van der Waals surface area (Å²) < 4.78 is 5.51. The zero-order chi connectivity index (χ0) is 13.4. The molecule has 0 unspecified atom stereocenters. The minimum atomic E-state index is -0.106. The summed E-state index contributed by atoms with van der Waals surface area (Å²) >= 11 is 0. The van der Waals surface area contributed by atoms with E-state index in [4.69, 9.17) is 4.74 Å². The van der Waals surface area contributed by atoms with Crippen molar-refractivity contribution in [3.8, 4) is 0 Å². The lowest BCUT2D eigenvalue weighted by molar-refractivity contribution is -0.121. The number of ether oxygens (including phenoxy) is 1. The summed E-state index contributed by atoms with van der Waals surface area (Å²) in [5.74, 6) is 0.0435. The van der Waals surface area contributed by atoms with E-state index in [1.807, 2.05) is 0 Å². The van der Waals surface area contributed by atoms with E-state index >= 15 is 0 Å². The van der Waals surface area contributed by atoms with Gasteiger partial charge in [0.1, 0.15) is 0 Å². The highest BCUT2D eigenvalue weighted by Gasteiger charge is 2.46. The van der Waals surface area contributed by atoms with Gasteiger partial charge in [0, 0.05) is 25.1 Å². The van der Waals surface area contributed by atoms with Crippen molar-refractivity contribution in [3.05, 3.63) is 12.3 Å². The minimum absolute atomic E-state index is 0.0435. The lowest BCUT2D eigenvalue weighted by atomic mass is 9.77. The van der Waals surface area contributed by atoms with Gasteiger partial charge in [-0.25, -0.2) is 0 Å². The number of ketones is 1. The highest BCUT2D eigenvalue weighted by atomic mass is 16.5. The quantitative estimate of drug-likeness (QED) is 0.709. The summed E-state index contributed by atoms with van der Waals surface area (Å²) in [6, 6.07) is 0. The second kappa shape index (κ2) is 4.45. The average Bonchev–Trinajstić information content (AvgIpc) is 2.13. The molecule has 98 valence electrons. The Morgan fingerprint density at radius 1 is 1.24 bits per heavy atom. The third-order valence-electron chi connectivity index (χ3n) is 3.67. The Bertz CT molecular complexity index is 313. The van der Waals surface area contributed by atoms with Gasteiger partial charge in [0.15, 0.2) is 5.78 Å². The predicted molar refractivity (Wildman–Crippen MR) is 69.8 cm³/mol. The van der Waals surface area contributed by atoms with Crippen LogP contribution in [0, 0.1) is 0 Å². The van der Waals surface area contributed by atoms with Crippen LogP contribution < -0.4 is 0 Å². The van der Waals surface area contributed by atoms with Crippen molar-refractivity contribution in [2.24, 2.45) is 0 Å². The van der Waals surface area contributed by atoms with Crippen LogP contribution in [0.4, 0.5) is 0 Å². The number of carbonyl (C=O) groups excluding carboxylic acids is 1. The van der Waals surface area contributed by atoms with Crippen LogP contribution in [-0.4, -0.2) is 35.0 Å². The lowest BCUT2D eigenvalue weighted by Crippen LogP contribution is -2.61. The average molecular weight is 239 g/mol. The van der Waals surface area contributed by atoms with E-state index < -0.39 is 0 Å². The fraction of sp³-hybridized carbons (Fsp3) is 0.786. The van der Waals surface area contributed by atoms with E-state index in [0.717, 1.165) is 12.8 Å². The number of carbonyl (C=O) groups is 1. The molecule has 0 radical (unpaired) electrons. The summed E-state index contributed by atoms with van der Waals surface area (Å²) in [5, 5.41) is 0. The zero-order valence-corrected chi connectivity index (χ0v) is 12.0. The highest BCUT2D eigenvalue weighted by Crippen LogP contribution is 2.41. The monoisotopic (exact) mass is 239 g/mol. The summed E-state index contributed by atoms with van der Waals surface area (Å²) in [6.07, 6.45) is 2.08. The van der Waals surface area contributed by atoms with E-state index in [1.54, 1.807) is 14.0 Å². The van der Waals surface area contributed by atoms with Crippen molar-refractivity contribution in [2.45, 2.75) is 64.6 Å². The summed E-state index contributed by atoms with van der Waals surface area (Å²) in [7, 11) is 1.76. The Kier molecular flexibility index (Phi) is 3.72. The molecule has 0 amide bonds. The van der Waals surface area contributed by atoms with Crippen molar-refractivity contribution in [1.82, 2.24) is 4.90 Å². The second-order valence-corrected chi connectivity index (χ2v) is 6.23. The van der Waals surface area contributed by atoms with Crippen LogP contribution in [0.2, 0.25) is 0 Å². The Labute approximate surface area is 105 Å². The fourth-order valence-electron chi connectivity index (χ4n) is 3.24. The molecule has 1 aliphatic rings. The molecular weight excluding hydrogens is 214 g/mol. The van der Waals surface area contributed by atoms with Crippen molar-refractivity contribution < 1.29 is 9.53 Å². The number of hydrogen-bond acceptors (Lipinski definition) is 3. The Balaban J connectivity index is 3.09. The molecule has 0 aromatic carbocycles. The van der Waals surface area contributed by atoms with Gasteiger partial charge in [0.2, 0.25) is 0 Å². The molecule has 0 atom stereocenters. The predicted octanol–water partition coefficient (Wildman–Crippen LogP) is 2.76. The highest BCUT2D eigenvalue weighted by molar-refractivity contribution is 5.92. The van der Waals surface area contributed by atoms with Gasteiger partial charge in [-0.1, -0.05) is 6.58 Å². The van der Waals surface area contributed by atoms with Gasteiger partial charge in [-0.15, -0.1) is 0 Å². The maximum atomic E-state index is 11.6. The van der Waals surface area contributed by atoms with Crippen LogP contribution in [0.3, 0.4) is 0 Å². The molecule has 0 spiro atoms. The first-order chi connectivity index (χ1) is 7.62. The Morgan fingerprint density at radius 2 is 1.65 bits per heavy atom. The van der Waals surface area contributed by atoms with Gasteiger partial charge >= 0.3 is 0 Å². The number of nitrogens with zero attached hydrogens (tertiary/aromatic N) is 1. The normalized spacial score (nSPS) is 23.5. The van der Waals surface area contributed by atoms with Crippen LogP contribution in [0.5, 0.6) is 0 Å². The van der Waals surface area contributed by atoms with E-state index in [9.17, 15) is 4.79 Å². The number of allylic oxidation sites excluding steroid dienone is 1. The standard InChI is InChI=1S/C14H25NO2/c1-10(11(2)16)15-13(3,4)8-12(17-7)9-14(15,5)6/h12H,1,8-9H2,2-7H3. The number of piperidine rings is 1. The third kappa shape index (κ3) is 2.71. The largest absolute Gasteiger partial charge is 0.381 e. The SMILES string of the molecule is C=C(C(C)=O)N1C(C)(C)CC(OC)CC1(C)C. The first-order valence-corrected chi connectivity index (χ1v) is 6.15. The number of likely N-dealkylation sites (tertiary alicyclic amines) is 1. The number of rotatable bonds is 3. The van der Waals surface area contributed by atoms with Crippen LogP contribution in [0.15, 0.2) is 12.3 Å². The Hall–Kier alpha value is -0.830. The molecule has 3 nitrogen and oxygen atoms in total. The summed E-state index contributed by atoms with van der Waals surface area (Å²) in [4.78, 5) is 13.8. The maximum Gasteiger partial charge on any atom is 0.175 e. The van der Waals surface area contributed by atoms with Gasteiger partial charge in [-0.2, -0.15) is 0 Å². The first kappa shape index (κ1) is 14.2. The zero-order valence-electron chi connectivity index (χ0n) is 12.0. The molecule has 1 heterocycles. The van der Waals surface area contributed by atoms with Crippen molar-refractivity contribution in [3.63, 3.8) is 0 Å². The van der Waals surface area contributed by atoms with Crippen molar-refractivity contribution in [2.75, 3.05) is 7.11 Å². The number of methoxy groups -OCH3 is 1. The van der Waals surface area contributed by atoms with Crippen LogP contribution in [0.1, 0.15) is 47.5 Å². The summed E-state index contributed by atoms with van der Waals surface area (Å²) in [5.41, 5.74) is 0.394. The summed E-state index contributed by atoms with van der Waals surface area (Å²) in [6.45, 7) is 14.1. The minimum Gasteiger partial charge on any atom is -0.381 e. The Morgan fingerprint density at radius 3 is 1.94 bits per heavy atom. The van der Waals surface area contributed by atoms with Crippen LogP contribution in [-0.2, 0) is 9.53 Å². The van der Waals surface area contributed by atoms with E-state index in [0.29, 0.717) is 5.70 Å². The molecule has 0 bridgehead atoms. The molecule has 0 aromatic rings. The molecule has 1 aliphatic heterocycles. The number of Topliss-reactive ketones (excluding diaryl/α,β-unsaturated/α-hetero) is 1. The molecule has 0 saturated carbocycles. The number of hydrogen-bond donors (Lipinski definition) is 0. The van der Waals surface area contributed by atoms with Gasteiger partial charge in [0.05, 0.1) is 11.8 Å². The van der Waals surface area contributed by atoms with Gasteiger partial charge in [-0.05, 0) is 40.5 Å². The molecule has 17 heavy (non-hydrogen) atoms. The van der Waals surface area contributed by atoms with E-state index in [-0.39, 0.29) is 23.0 Å². The van der Waals surface area contributed by atoms with Gasteiger partial charge in [-0.3, -0.25) is 4.79 Å². The van der Waals surface area contributed by atoms with Crippen LogP contribution in [0.25, 0.3) is 0 Å². The molecule has 0 aromatic heterocycles. The van der Waals surface area contributed by atoms with Crippen molar-refractivity contribution in [1.29, 1.82) is 0 Å². The molecule has 0 N–H and O–H groups in total. The fourth-order valence-corrected chi connectivity index (χ4v) is 3.24. The first-order valence-electron chi connectivity index (χ1n) is 6.15.